The molecule has 0 bridgehead atoms. The zero-order valence-corrected chi connectivity index (χ0v) is 15.9. The summed E-state index contributed by atoms with van der Waals surface area (Å²) in [4.78, 5) is 23.6. The van der Waals surface area contributed by atoms with Crippen LogP contribution >= 0.6 is 0 Å². The predicted molar refractivity (Wildman–Crippen MR) is 101 cm³/mol. The minimum Gasteiger partial charge on any atom is -0.372 e. The summed E-state index contributed by atoms with van der Waals surface area (Å²) in [7, 11) is 1.84. The fourth-order valence-corrected chi connectivity index (χ4v) is 3.60. The van der Waals surface area contributed by atoms with Gasteiger partial charge in [0.2, 0.25) is 5.91 Å². The highest BCUT2D eigenvalue weighted by molar-refractivity contribution is 5.79. The standard InChI is InChI=1S/C19H28N6O/c1-13-17(14(2)24-23-13)10-19(26)25-7-4-5-15(6-8-25)9-16-11-22-18(20-3)12-21-16/h11-12,15H,4-10H2,1-3H3,(H,20,22)(H,23,24). The summed E-state index contributed by atoms with van der Waals surface area (Å²) in [5, 5.41) is 10.1. The molecular formula is C19H28N6O. The first-order valence-electron chi connectivity index (χ1n) is 9.33. The van der Waals surface area contributed by atoms with E-state index in [1.165, 1.54) is 0 Å². The van der Waals surface area contributed by atoms with Gasteiger partial charge in [-0.1, -0.05) is 0 Å². The highest BCUT2D eigenvalue weighted by Crippen LogP contribution is 2.22. The highest BCUT2D eigenvalue weighted by Gasteiger charge is 2.22. The lowest BCUT2D eigenvalue weighted by Gasteiger charge is -2.21. The summed E-state index contributed by atoms with van der Waals surface area (Å²) >= 11 is 0. The Morgan fingerprint density at radius 3 is 2.77 bits per heavy atom. The quantitative estimate of drug-likeness (QED) is 0.858. The van der Waals surface area contributed by atoms with E-state index in [1.807, 2.05) is 32.0 Å². The van der Waals surface area contributed by atoms with Crippen LogP contribution in [0.2, 0.25) is 0 Å². The second-order valence-corrected chi connectivity index (χ2v) is 7.11. The molecule has 1 aliphatic rings. The van der Waals surface area contributed by atoms with Crippen LogP contribution in [0.15, 0.2) is 12.4 Å². The number of carbonyl (C=O) groups is 1. The minimum absolute atomic E-state index is 0.205. The second-order valence-electron chi connectivity index (χ2n) is 7.11. The van der Waals surface area contributed by atoms with Gasteiger partial charge >= 0.3 is 0 Å². The Morgan fingerprint density at radius 2 is 2.12 bits per heavy atom. The smallest absolute Gasteiger partial charge is 0.227 e. The molecule has 1 saturated heterocycles. The molecule has 0 spiro atoms. The molecule has 26 heavy (non-hydrogen) atoms. The van der Waals surface area contributed by atoms with Crippen molar-refractivity contribution < 1.29 is 4.79 Å². The molecule has 0 saturated carbocycles. The summed E-state index contributed by atoms with van der Waals surface area (Å²) < 4.78 is 0. The number of amides is 1. The first-order valence-corrected chi connectivity index (χ1v) is 9.33. The van der Waals surface area contributed by atoms with Crippen molar-refractivity contribution in [2.45, 2.75) is 46.0 Å². The molecular weight excluding hydrogens is 328 g/mol. The lowest BCUT2D eigenvalue weighted by atomic mass is 9.95. The zero-order valence-electron chi connectivity index (χ0n) is 15.9. The van der Waals surface area contributed by atoms with Crippen LogP contribution < -0.4 is 5.32 Å². The maximum absolute atomic E-state index is 12.7. The molecule has 2 aromatic rings. The summed E-state index contributed by atoms with van der Waals surface area (Å²) in [5.41, 5.74) is 3.98. The fourth-order valence-electron chi connectivity index (χ4n) is 3.60. The Bertz CT molecular complexity index is 719. The van der Waals surface area contributed by atoms with Gasteiger partial charge in [-0.25, -0.2) is 4.98 Å². The Morgan fingerprint density at radius 1 is 1.27 bits per heavy atom. The number of anilines is 1. The SMILES string of the molecule is CNc1cnc(CC2CCCN(C(=O)Cc3c(C)n[nH]c3C)CC2)cn1. The summed E-state index contributed by atoms with van der Waals surface area (Å²) in [6.45, 7) is 5.59. The van der Waals surface area contributed by atoms with Crippen molar-refractivity contribution >= 4 is 11.7 Å². The lowest BCUT2D eigenvalue weighted by molar-refractivity contribution is -0.130. The Kier molecular flexibility index (Phi) is 5.85. The molecule has 0 aliphatic carbocycles. The molecule has 2 N–H and O–H groups in total. The number of H-pyrrole nitrogens is 1. The van der Waals surface area contributed by atoms with Crippen LogP contribution in [0.1, 0.15) is 41.9 Å². The Balaban J connectivity index is 1.54. The Hall–Kier alpha value is -2.44. The van der Waals surface area contributed by atoms with Gasteiger partial charge in [0, 0.05) is 31.4 Å². The number of likely N-dealkylation sites (tertiary alicyclic amines) is 1. The van der Waals surface area contributed by atoms with E-state index < -0.39 is 0 Å². The van der Waals surface area contributed by atoms with Crippen molar-refractivity contribution in [1.29, 1.82) is 0 Å². The number of rotatable bonds is 5. The number of aromatic nitrogens is 4. The summed E-state index contributed by atoms with van der Waals surface area (Å²) in [6.07, 6.45) is 8.19. The topological polar surface area (TPSA) is 86.8 Å². The van der Waals surface area contributed by atoms with E-state index in [9.17, 15) is 4.79 Å². The zero-order chi connectivity index (χ0) is 18.5. The minimum atomic E-state index is 0.205. The van der Waals surface area contributed by atoms with Gasteiger partial charge in [0.25, 0.3) is 0 Å². The molecule has 0 aromatic carbocycles. The lowest BCUT2D eigenvalue weighted by Crippen LogP contribution is -2.33. The van der Waals surface area contributed by atoms with Gasteiger partial charge in [0.1, 0.15) is 5.82 Å². The van der Waals surface area contributed by atoms with Gasteiger partial charge in [-0.05, 0) is 45.4 Å². The van der Waals surface area contributed by atoms with Gasteiger partial charge in [-0.3, -0.25) is 14.9 Å². The third-order valence-electron chi connectivity index (χ3n) is 5.27. The summed E-state index contributed by atoms with van der Waals surface area (Å²) in [5.74, 6) is 1.55. The molecule has 1 unspecified atom stereocenters. The number of carbonyl (C=O) groups excluding carboxylic acids is 1. The third kappa shape index (κ3) is 4.39. The van der Waals surface area contributed by atoms with Crippen LogP contribution in [0, 0.1) is 19.8 Å². The van der Waals surface area contributed by atoms with Crippen molar-refractivity contribution in [1.82, 2.24) is 25.1 Å². The van der Waals surface area contributed by atoms with E-state index in [0.29, 0.717) is 12.3 Å². The molecule has 1 amide bonds. The monoisotopic (exact) mass is 356 g/mol. The van der Waals surface area contributed by atoms with E-state index in [0.717, 1.165) is 67.2 Å². The maximum Gasteiger partial charge on any atom is 0.227 e. The van der Waals surface area contributed by atoms with E-state index in [1.54, 1.807) is 6.20 Å². The molecule has 3 rings (SSSR count). The van der Waals surface area contributed by atoms with Crippen molar-refractivity contribution in [3.63, 3.8) is 0 Å². The van der Waals surface area contributed by atoms with Crippen LogP contribution in [-0.2, 0) is 17.6 Å². The van der Waals surface area contributed by atoms with E-state index in [4.69, 9.17) is 0 Å². The van der Waals surface area contributed by atoms with E-state index >= 15 is 0 Å². The fraction of sp³-hybridized carbons (Fsp3) is 0.579. The van der Waals surface area contributed by atoms with Crippen LogP contribution in [-0.4, -0.2) is 51.1 Å². The predicted octanol–water partition coefficient (Wildman–Crippen LogP) is 2.27. The summed E-state index contributed by atoms with van der Waals surface area (Å²) in [6, 6.07) is 0. The van der Waals surface area contributed by atoms with Crippen LogP contribution in [0.25, 0.3) is 0 Å². The molecule has 140 valence electrons. The van der Waals surface area contributed by atoms with Gasteiger partial charge in [0.15, 0.2) is 0 Å². The number of aromatic amines is 1. The normalized spacial score (nSPS) is 17.8. The van der Waals surface area contributed by atoms with Crippen LogP contribution in [0.5, 0.6) is 0 Å². The molecule has 1 fully saturated rings. The number of hydrogen-bond acceptors (Lipinski definition) is 5. The molecule has 3 heterocycles. The molecule has 1 aliphatic heterocycles. The second kappa shape index (κ2) is 8.29. The first-order chi connectivity index (χ1) is 12.6. The first kappa shape index (κ1) is 18.4. The maximum atomic E-state index is 12.7. The number of aryl methyl sites for hydroxylation is 2. The van der Waals surface area contributed by atoms with Gasteiger partial charge < -0.3 is 10.2 Å². The molecule has 0 radical (unpaired) electrons. The highest BCUT2D eigenvalue weighted by atomic mass is 16.2. The third-order valence-corrected chi connectivity index (χ3v) is 5.27. The van der Waals surface area contributed by atoms with Crippen LogP contribution in [0.3, 0.4) is 0 Å². The van der Waals surface area contributed by atoms with Crippen molar-refractivity contribution in [2.75, 3.05) is 25.5 Å². The average Bonchev–Trinajstić information content (AvgIpc) is 2.85. The van der Waals surface area contributed by atoms with Gasteiger partial charge in [-0.2, -0.15) is 5.10 Å². The number of hydrogen-bond donors (Lipinski definition) is 2. The number of nitrogens with one attached hydrogen (secondary N) is 2. The molecule has 7 heteroatoms. The van der Waals surface area contributed by atoms with Crippen molar-refractivity contribution in [3.8, 4) is 0 Å². The van der Waals surface area contributed by atoms with E-state index in [-0.39, 0.29) is 5.91 Å². The van der Waals surface area contributed by atoms with Crippen LogP contribution in [0.4, 0.5) is 5.82 Å². The average molecular weight is 356 g/mol. The van der Waals surface area contributed by atoms with Crippen molar-refractivity contribution in [3.05, 3.63) is 35.0 Å². The number of nitrogens with zero attached hydrogens (tertiary/aromatic N) is 4. The Labute approximate surface area is 154 Å². The molecule has 2 aromatic heterocycles. The van der Waals surface area contributed by atoms with Crippen molar-refractivity contribution in [2.24, 2.45) is 5.92 Å². The van der Waals surface area contributed by atoms with Gasteiger partial charge in [0.05, 0.1) is 30.2 Å². The van der Waals surface area contributed by atoms with Gasteiger partial charge in [-0.15, -0.1) is 0 Å². The largest absolute Gasteiger partial charge is 0.372 e. The molecule has 1 atom stereocenters. The molecule has 7 nitrogen and oxygen atoms in total. The van der Waals surface area contributed by atoms with E-state index in [2.05, 4.69) is 25.5 Å².